The lowest BCUT2D eigenvalue weighted by molar-refractivity contribution is 0.0882. The molecule has 1 aliphatic rings. The molecule has 1 aliphatic heterocycles. The largest absolute Gasteiger partial charge is 0.301 e. The molecule has 1 N–H and O–H groups in total. The Bertz CT molecular complexity index is 301. The smallest absolute Gasteiger partial charge is 0.123 e. The Morgan fingerprint density at radius 3 is 3.00 bits per heavy atom. The first-order valence-corrected chi connectivity index (χ1v) is 4.87. The molecule has 1 heterocycles. The molecule has 0 saturated carbocycles. The van der Waals surface area contributed by atoms with Crippen molar-refractivity contribution in [1.82, 2.24) is 5.48 Å². The lowest BCUT2D eigenvalue weighted by Gasteiger charge is -2.08. The fourth-order valence-corrected chi connectivity index (χ4v) is 1.80. The van der Waals surface area contributed by atoms with E-state index >= 15 is 0 Å². The molecule has 1 unspecified atom stereocenters. The predicted octanol–water partition coefficient (Wildman–Crippen LogP) is 1.97. The van der Waals surface area contributed by atoms with Gasteiger partial charge in [0.2, 0.25) is 0 Å². The highest BCUT2D eigenvalue weighted by Crippen LogP contribution is 2.13. The van der Waals surface area contributed by atoms with Gasteiger partial charge in [-0.15, -0.1) is 0 Å². The molecule has 1 fully saturated rings. The summed E-state index contributed by atoms with van der Waals surface area (Å²) >= 11 is 0. The molecule has 3 heteroatoms. The quantitative estimate of drug-likeness (QED) is 0.779. The average Bonchev–Trinajstić information content (AvgIpc) is 2.54. The molecule has 2 rings (SSSR count). The van der Waals surface area contributed by atoms with Gasteiger partial charge in [-0.05, 0) is 43.0 Å². The van der Waals surface area contributed by atoms with Gasteiger partial charge in [-0.25, -0.2) is 4.39 Å². The summed E-state index contributed by atoms with van der Waals surface area (Å²) in [6.07, 6.45) is 1.83. The molecule has 0 amide bonds. The van der Waals surface area contributed by atoms with Crippen LogP contribution in [0, 0.1) is 12.7 Å². The molecule has 1 aromatic rings. The highest BCUT2D eigenvalue weighted by atomic mass is 19.1. The molecule has 2 nitrogen and oxygen atoms in total. The fraction of sp³-hybridized carbons (Fsp3) is 0.455. The summed E-state index contributed by atoms with van der Waals surface area (Å²) in [6.45, 7) is 2.66. The van der Waals surface area contributed by atoms with E-state index in [9.17, 15) is 4.39 Å². The van der Waals surface area contributed by atoms with Gasteiger partial charge in [0, 0.05) is 6.04 Å². The normalized spacial score (nSPS) is 21.4. The van der Waals surface area contributed by atoms with E-state index in [1.807, 2.05) is 13.0 Å². The monoisotopic (exact) mass is 195 g/mol. The summed E-state index contributed by atoms with van der Waals surface area (Å²) < 4.78 is 13.1. The van der Waals surface area contributed by atoms with Crippen molar-refractivity contribution in [3.63, 3.8) is 0 Å². The van der Waals surface area contributed by atoms with Gasteiger partial charge in [-0.1, -0.05) is 6.07 Å². The first-order chi connectivity index (χ1) is 6.74. The van der Waals surface area contributed by atoms with E-state index in [0.717, 1.165) is 30.6 Å². The van der Waals surface area contributed by atoms with Crippen LogP contribution in [0.1, 0.15) is 17.5 Å². The number of halogens is 1. The Hall–Kier alpha value is -0.930. The van der Waals surface area contributed by atoms with Crippen LogP contribution in [-0.2, 0) is 11.3 Å². The highest BCUT2D eigenvalue weighted by Gasteiger charge is 2.15. The zero-order valence-electron chi connectivity index (χ0n) is 8.22. The van der Waals surface area contributed by atoms with Crippen molar-refractivity contribution >= 4 is 0 Å². The maximum atomic E-state index is 13.1. The lowest BCUT2D eigenvalue weighted by atomic mass is 10.0. The molecule has 14 heavy (non-hydrogen) atoms. The minimum atomic E-state index is -0.154. The zero-order valence-corrected chi connectivity index (χ0v) is 8.22. The van der Waals surface area contributed by atoms with E-state index in [4.69, 9.17) is 4.84 Å². The van der Waals surface area contributed by atoms with Crippen LogP contribution in [0.5, 0.6) is 0 Å². The Labute approximate surface area is 83.0 Å². The summed E-state index contributed by atoms with van der Waals surface area (Å²) in [6, 6.07) is 5.48. The van der Waals surface area contributed by atoms with Crippen LogP contribution in [0.3, 0.4) is 0 Å². The van der Waals surface area contributed by atoms with Gasteiger partial charge in [-0.2, -0.15) is 5.48 Å². The molecule has 1 aromatic carbocycles. The number of aryl methyl sites for hydroxylation is 1. The van der Waals surface area contributed by atoms with Crippen molar-refractivity contribution in [2.75, 3.05) is 6.61 Å². The lowest BCUT2D eigenvalue weighted by Crippen LogP contribution is -2.22. The van der Waals surface area contributed by atoms with Gasteiger partial charge < -0.3 is 4.84 Å². The Kier molecular flexibility index (Phi) is 2.79. The van der Waals surface area contributed by atoms with Crippen molar-refractivity contribution < 1.29 is 9.23 Å². The Morgan fingerprint density at radius 2 is 2.36 bits per heavy atom. The van der Waals surface area contributed by atoms with Gasteiger partial charge in [0.25, 0.3) is 0 Å². The Balaban J connectivity index is 2.07. The van der Waals surface area contributed by atoms with Crippen molar-refractivity contribution in [2.24, 2.45) is 0 Å². The number of benzene rings is 1. The van der Waals surface area contributed by atoms with Crippen molar-refractivity contribution in [3.8, 4) is 0 Å². The number of rotatable bonds is 2. The van der Waals surface area contributed by atoms with E-state index in [-0.39, 0.29) is 5.82 Å². The van der Waals surface area contributed by atoms with Gasteiger partial charge >= 0.3 is 0 Å². The summed E-state index contributed by atoms with van der Waals surface area (Å²) in [7, 11) is 0. The zero-order chi connectivity index (χ0) is 9.97. The SMILES string of the molecule is Cc1cc(F)cc(CC2CCON2)c1. The maximum Gasteiger partial charge on any atom is 0.123 e. The molecule has 0 aliphatic carbocycles. The molecule has 76 valence electrons. The number of hydrogen-bond acceptors (Lipinski definition) is 2. The van der Waals surface area contributed by atoms with Crippen molar-refractivity contribution in [3.05, 3.63) is 35.1 Å². The molecule has 0 radical (unpaired) electrons. The molecule has 1 saturated heterocycles. The topological polar surface area (TPSA) is 21.3 Å². The Morgan fingerprint density at radius 1 is 1.50 bits per heavy atom. The number of hydroxylamine groups is 1. The maximum absolute atomic E-state index is 13.1. The van der Waals surface area contributed by atoms with E-state index in [1.165, 1.54) is 0 Å². The molecule has 0 bridgehead atoms. The molecular weight excluding hydrogens is 181 g/mol. The van der Waals surface area contributed by atoms with Gasteiger partial charge in [0.15, 0.2) is 0 Å². The second-order valence-corrected chi connectivity index (χ2v) is 3.79. The van der Waals surface area contributed by atoms with Crippen LogP contribution in [-0.4, -0.2) is 12.6 Å². The number of nitrogens with one attached hydrogen (secondary N) is 1. The highest BCUT2D eigenvalue weighted by molar-refractivity contribution is 5.24. The van der Waals surface area contributed by atoms with Crippen LogP contribution in [0.2, 0.25) is 0 Å². The predicted molar refractivity (Wildman–Crippen MR) is 52.3 cm³/mol. The van der Waals surface area contributed by atoms with Crippen LogP contribution < -0.4 is 5.48 Å². The standard InChI is InChI=1S/C11H14FNO/c1-8-4-9(6-10(12)5-8)7-11-2-3-14-13-11/h4-6,11,13H,2-3,7H2,1H3. The van der Waals surface area contributed by atoms with Crippen LogP contribution in [0.4, 0.5) is 4.39 Å². The third kappa shape index (κ3) is 2.30. The second-order valence-electron chi connectivity index (χ2n) is 3.79. The van der Waals surface area contributed by atoms with E-state index in [2.05, 4.69) is 5.48 Å². The second kappa shape index (κ2) is 4.07. The van der Waals surface area contributed by atoms with Gasteiger partial charge in [0.05, 0.1) is 6.61 Å². The fourth-order valence-electron chi connectivity index (χ4n) is 1.80. The third-order valence-corrected chi connectivity index (χ3v) is 2.40. The van der Waals surface area contributed by atoms with Gasteiger partial charge in [0.1, 0.15) is 5.82 Å². The van der Waals surface area contributed by atoms with Gasteiger partial charge in [-0.3, -0.25) is 0 Å². The summed E-state index contributed by atoms with van der Waals surface area (Å²) in [5.74, 6) is -0.154. The van der Waals surface area contributed by atoms with Crippen molar-refractivity contribution in [1.29, 1.82) is 0 Å². The van der Waals surface area contributed by atoms with Crippen LogP contribution in [0.15, 0.2) is 18.2 Å². The van der Waals surface area contributed by atoms with Crippen LogP contribution in [0.25, 0.3) is 0 Å². The molecule has 1 atom stereocenters. The van der Waals surface area contributed by atoms with E-state index < -0.39 is 0 Å². The van der Waals surface area contributed by atoms with E-state index in [0.29, 0.717) is 6.04 Å². The van der Waals surface area contributed by atoms with Crippen molar-refractivity contribution in [2.45, 2.75) is 25.8 Å². The van der Waals surface area contributed by atoms with E-state index in [1.54, 1.807) is 12.1 Å². The minimum Gasteiger partial charge on any atom is -0.301 e. The molecule has 0 spiro atoms. The first-order valence-electron chi connectivity index (χ1n) is 4.87. The minimum absolute atomic E-state index is 0.154. The average molecular weight is 195 g/mol. The first kappa shape index (κ1) is 9.62. The van der Waals surface area contributed by atoms with Crippen LogP contribution >= 0.6 is 0 Å². The third-order valence-electron chi connectivity index (χ3n) is 2.40. The molecule has 0 aromatic heterocycles. The molecular formula is C11H14FNO. The summed E-state index contributed by atoms with van der Waals surface area (Å²) in [5, 5.41) is 0. The number of hydrogen-bond donors (Lipinski definition) is 1. The summed E-state index contributed by atoms with van der Waals surface area (Å²) in [4.78, 5) is 5.05. The summed E-state index contributed by atoms with van der Waals surface area (Å²) in [5.41, 5.74) is 4.93.